The molecule has 0 aromatic rings. The first-order valence-electron chi connectivity index (χ1n) is 16.2. The molecule has 0 heterocycles. The highest BCUT2D eigenvalue weighted by Gasteiger charge is 2.07. The van der Waals surface area contributed by atoms with Gasteiger partial charge in [0.15, 0.2) is 0 Å². The maximum Gasteiger partial charge on any atom is -0.0414 e. The van der Waals surface area contributed by atoms with Crippen molar-refractivity contribution in [3.05, 3.63) is 6.92 Å². The highest BCUT2D eigenvalue weighted by molar-refractivity contribution is 4.64. The molecule has 0 aliphatic heterocycles. The zero-order valence-corrected chi connectivity index (χ0v) is 25.2. The molecule has 0 fully saturated rings. The zero-order valence-electron chi connectivity index (χ0n) is 25.2. The predicted octanol–water partition coefficient (Wildman–Crippen LogP) is 12.6. The Morgan fingerprint density at radius 1 is 0.382 bits per heavy atom. The van der Waals surface area contributed by atoms with Crippen LogP contribution in [-0.2, 0) is 0 Å². The lowest BCUT2D eigenvalue weighted by Gasteiger charge is -2.15. The van der Waals surface area contributed by atoms with Crippen LogP contribution in [0.5, 0.6) is 0 Å². The molecule has 0 N–H and O–H groups in total. The Bertz CT molecular complexity index is 383. The molecule has 0 aromatic heterocycles. The third-order valence-corrected chi connectivity index (χ3v) is 8.44. The second-order valence-corrected chi connectivity index (χ2v) is 12.9. The van der Waals surface area contributed by atoms with Gasteiger partial charge in [0.25, 0.3) is 0 Å². The maximum atomic E-state index is 4.46. The van der Waals surface area contributed by atoms with E-state index in [4.69, 9.17) is 0 Å². The molecule has 0 rings (SSSR count). The topological polar surface area (TPSA) is 0 Å². The van der Waals surface area contributed by atoms with E-state index in [1.807, 2.05) is 0 Å². The van der Waals surface area contributed by atoms with Crippen LogP contribution in [0.15, 0.2) is 0 Å². The molecule has 0 heteroatoms. The van der Waals surface area contributed by atoms with Crippen LogP contribution in [0.25, 0.3) is 0 Å². The van der Waals surface area contributed by atoms with E-state index in [1.54, 1.807) is 0 Å². The SMILES string of the molecule is [CH2]C(CCCCC(C)CCCCCCCCC(C)C)CCCCC(C)CCCCCC(C)CC. The van der Waals surface area contributed by atoms with Gasteiger partial charge in [-0.05, 0) is 29.6 Å². The van der Waals surface area contributed by atoms with Gasteiger partial charge in [0.2, 0.25) is 0 Å². The fourth-order valence-electron chi connectivity index (χ4n) is 5.40. The number of unbranched alkanes of at least 4 members (excludes halogenated alkanes) is 9. The summed E-state index contributed by atoms with van der Waals surface area (Å²) in [4.78, 5) is 0. The van der Waals surface area contributed by atoms with Gasteiger partial charge in [0, 0.05) is 0 Å². The van der Waals surface area contributed by atoms with E-state index in [2.05, 4.69) is 48.5 Å². The van der Waals surface area contributed by atoms with Crippen molar-refractivity contribution in [2.45, 2.75) is 183 Å². The minimum Gasteiger partial charge on any atom is -0.0651 e. The third-order valence-electron chi connectivity index (χ3n) is 8.44. The zero-order chi connectivity index (χ0) is 25.4. The average Bonchev–Trinajstić information content (AvgIpc) is 2.80. The summed E-state index contributed by atoms with van der Waals surface area (Å²) in [6.45, 7) is 18.8. The van der Waals surface area contributed by atoms with Gasteiger partial charge >= 0.3 is 0 Å². The lowest BCUT2D eigenvalue weighted by molar-refractivity contribution is 0.398. The van der Waals surface area contributed by atoms with Crippen molar-refractivity contribution in [3.63, 3.8) is 0 Å². The fourth-order valence-corrected chi connectivity index (χ4v) is 5.40. The quantitative estimate of drug-likeness (QED) is 0.109. The third kappa shape index (κ3) is 25.1. The first-order chi connectivity index (χ1) is 16.3. The van der Waals surface area contributed by atoms with Crippen molar-refractivity contribution in [3.8, 4) is 0 Å². The summed E-state index contributed by atoms with van der Waals surface area (Å²) in [6.07, 6.45) is 31.5. The van der Waals surface area contributed by atoms with Crippen molar-refractivity contribution in [2.24, 2.45) is 29.6 Å². The smallest absolute Gasteiger partial charge is 0.0414 e. The van der Waals surface area contributed by atoms with Gasteiger partial charge in [-0.3, -0.25) is 0 Å². The standard InChI is InChI=1S/C34H69/c1-8-31(4)23-16-13-17-25-33(6)27-19-21-29-34(7)28-20-18-26-32(5)24-15-12-10-9-11-14-22-30(2)3/h30-34H,7-29H2,1-6H3. The summed E-state index contributed by atoms with van der Waals surface area (Å²) in [5.41, 5.74) is 0. The lowest BCUT2D eigenvalue weighted by atomic mass is 9.91. The van der Waals surface area contributed by atoms with Gasteiger partial charge in [-0.1, -0.05) is 190 Å². The van der Waals surface area contributed by atoms with Crippen LogP contribution in [0.4, 0.5) is 0 Å². The van der Waals surface area contributed by atoms with Crippen LogP contribution in [-0.4, -0.2) is 0 Å². The van der Waals surface area contributed by atoms with Crippen LogP contribution >= 0.6 is 0 Å². The average molecular weight is 478 g/mol. The molecule has 0 nitrogen and oxygen atoms in total. The monoisotopic (exact) mass is 478 g/mol. The molecule has 4 unspecified atom stereocenters. The Labute approximate surface area is 219 Å². The molecule has 4 atom stereocenters. The molecule has 0 amide bonds. The minimum atomic E-state index is 0.696. The second kappa shape index (κ2) is 24.7. The molecule has 0 aliphatic carbocycles. The van der Waals surface area contributed by atoms with E-state index in [1.165, 1.54) is 141 Å². The van der Waals surface area contributed by atoms with E-state index in [0.29, 0.717) is 5.92 Å². The highest BCUT2D eigenvalue weighted by atomic mass is 14.1. The summed E-state index contributed by atoms with van der Waals surface area (Å²) < 4.78 is 0. The molecule has 205 valence electrons. The first kappa shape index (κ1) is 34.0. The van der Waals surface area contributed by atoms with Crippen LogP contribution in [0.3, 0.4) is 0 Å². The van der Waals surface area contributed by atoms with Crippen molar-refractivity contribution < 1.29 is 0 Å². The van der Waals surface area contributed by atoms with E-state index >= 15 is 0 Å². The maximum absolute atomic E-state index is 4.46. The molecule has 0 spiro atoms. The molecule has 0 aromatic carbocycles. The summed E-state index contributed by atoms with van der Waals surface area (Å²) in [6, 6.07) is 0. The second-order valence-electron chi connectivity index (χ2n) is 12.9. The van der Waals surface area contributed by atoms with E-state index in [-0.39, 0.29) is 0 Å². The normalized spacial score (nSPS) is 15.5. The van der Waals surface area contributed by atoms with Crippen molar-refractivity contribution in [1.29, 1.82) is 0 Å². The molecular formula is C34H69. The van der Waals surface area contributed by atoms with Crippen LogP contribution in [0, 0.1) is 36.5 Å². The van der Waals surface area contributed by atoms with Gasteiger partial charge in [-0.25, -0.2) is 0 Å². The molecule has 0 bridgehead atoms. The minimum absolute atomic E-state index is 0.696. The van der Waals surface area contributed by atoms with E-state index in [0.717, 1.165) is 23.7 Å². The predicted molar refractivity (Wildman–Crippen MR) is 158 cm³/mol. The fraction of sp³-hybridized carbons (Fsp3) is 0.971. The summed E-state index contributed by atoms with van der Waals surface area (Å²) >= 11 is 0. The van der Waals surface area contributed by atoms with E-state index < -0.39 is 0 Å². The molecule has 0 aliphatic rings. The van der Waals surface area contributed by atoms with Crippen LogP contribution < -0.4 is 0 Å². The highest BCUT2D eigenvalue weighted by Crippen LogP contribution is 2.23. The van der Waals surface area contributed by atoms with Crippen LogP contribution in [0.1, 0.15) is 183 Å². The Morgan fingerprint density at radius 3 is 1.09 bits per heavy atom. The van der Waals surface area contributed by atoms with Gasteiger partial charge in [-0.2, -0.15) is 0 Å². The Kier molecular flexibility index (Phi) is 24.7. The van der Waals surface area contributed by atoms with Gasteiger partial charge in [0.1, 0.15) is 0 Å². The van der Waals surface area contributed by atoms with Gasteiger partial charge in [-0.15, -0.1) is 0 Å². The molecule has 0 saturated carbocycles. The Hall–Kier alpha value is 0. The summed E-state index contributed by atoms with van der Waals surface area (Å²) in [5, 5.41) is 0. The largest absolute Gasteiger partial charge is 0.0651 e. The number of rotatable bonds is 26. The van der Waals surface area contributed by atoms with Gasteiger partial charge in [0.05, 0.1) is 0 Å². The van der Waals surface area contributed by atoms with Gasteiger partial charge < -0.3 is 0 Å². The van der Waals surface area contributed by atoms with Crippen molar-refractivity contribution >= 4 is 0 Å². The Balaban J connectivity index is 3.42. The number of hydrogen-bond donors (Lipinski definition) is 0. The van der Waals surface area contributed by atoms with Crippen LogP contribution in [0.2, 0.25) is 0 Å². The summed E-state index contributed by atoms with van der Waals surface area (Å²) in [5.74, 6) is 4.37. The van der Waals surface area contributed by atoms with Crippen molar-refractivity contribution in [1.82, 2.24) is 0 Å². The molecule has 34 heavy (non-hydrogen) atoms. The molecule has 1 radical (unpaired) electrons. The molecule has 0 saturated heterocycles. The Morgan fingerprint density at radius 2 is 0.676 bits per heavy atom. The first-order valence-corrected chi connectivity index (χ1v) is 16.2. The lowest BCUT2D eigenvalue weighted by Crippen LogP contribution is -2.00. The van der Waals surface area contributed by atoms with Crippen molar-refractivity contribution in [2.75, 3.05) is 0 Å². The van der Waals surface area contributed by atoms with E-state index in [9.17, 15) is 0 Å². The number of hydrogen-bond acceptors (Lipinski definition) is 0. The summed E-state index contributed by atoms with van der Waals surface area (Å²) in [7, 11) is 0. The molecular weight excluding hydrogens is 408 g/mol.